The largest absolute Gasteiger partial charge is 0.494 e. The molecule has 1 aliphatic carbocycles. The van der Waals surface area contributed by atoms with E-state index >= 15 is 0 Å². The maximum Gasteiger partial charge on any atom is 0.119 e. The summed E-state index contributed by atoms with van der Waals surface area (Å²) in [6.45, 7) is 3.45. The lowest BCUT2D eigenvalue weighted by Gasteiger charge is -2.26. The minimum Gasteiger partial charge on any atom is -0.494 e. The topological polar surface area (TPSA) is 67.5 Å². The Labute approximate surface area is 121 Å². The predicted octanol–water partition coefficient (Wildman–Crippen LogP) is 1.84. The number of nitrogens with one attached hydrogen (secondary N) is 1. The highest BCUT2D eigenvalue weighted by Crippen LogP contribution is 2.28. The molecule has 1 aromatic rings. The molecule has 0 aromatic heterocycles. The summed E-state index contributed by atoms with van der Waals surface area (Å²) < 4.78 is 5.54. The standard InChI is InChI=1S/C16H26N2O2/c1-2-20-14-7-3-5-12(9-14)16(10-17)18-15-8-4-6-13(15)11-19/h3,5,7,9,13,15-16,18-19H,2,4,6,8,10-11,17H2,1H3. The number of aliphatic hydroxyl groups excluding tert-OH is 1. The van der Waals surface area contributed by atoms with E-state index in [1.807, 2.05) is 19.1 Å². The van der Waals surface area contributed by atoms with Crippen LogP contribution < -0.4 is 15.8 Å². The summed E-state index contributed by atoms with van der Waals surface area (Å²) >= 11 is 0. The molecule has 0 spiro atoms. The molecule has 4 N–H and O–H groups in total. The molecule has 0 bridgehead atoms. The first-order valence-corrected chi connectivity index (χ1v) is 7.58. The van der Waals surface area contributed by atoms with Crippen LogP contribution in [0.1, 0.15) is 37.8 Å². The average Bonchev–Trinajstić information content (AvgIpc) is 2.92. The number of rotatable bonds is 7. The molecule has 20 heavy (non-hydrogen) atoms. The summed E-state index contributed by atoms with van der Waals surface area (Å²) in [7, 11) is 0. The Morgan fingerprint density at radius 3 is 3.00 bits per heavy atom. The van der Waals surface area contributed by atoms with Gasteiger partial charge < -0.3 is 20.9 Å². The maximum atomic E-state index is 9.42. The van der Waals surface area contributed by atoms with Crippen molar-refractivity contribution in [3.05, 3.63) is 29.8 Å². The van der Waals surface area contributed by atoms with Crippen LogP contribution in [0.25, 0.3) is 0 Å². The second-order valence-corrected chi connectivity index (χ2v) is 5.44. The van der Waals surface area contributed by atoms with Crippen molar-refractivity contribution in [3.8, 4) is 5.75 Å². The number of benzene rings is 1. The van der Waals surface area contributed by atoms with E-state index in [2.05, 4.69) is 17.4 Å². The molecule has 4 nitrogen and oxygen atoms in total. The SMILES string of the molecule is CCOc1cccc(C(CN)NC2CCCC2CO)c1. The van der Waals surface area contributed by atoms with Gasteiger partial charge in [-0.25, -0.2) is 0 Å². The van der Waals surface area contributed by atoms with Crippen molar-refractivity contribution < 1.29 is 9.84 Å². The van der Waals surface area contributed by atoms with Crippen molar-refractivity contribution in [2.75, 3.05) is 19.8 Å². The normalized spacial score (nSPS) is 23.8. The van der Waals surface area contributed by atoms with Gasteiger partial charge in [0.25, 0.3) is 0 Å². The van der Waals surface area contributed by atoms with Crippen LogP contribution in [0.3, 0.4) is 0 Å². The van der Waals surface area contributed by atoms with Crippen molar-refractivity contribution in [2.24, 2.45) is 11.7 Å². The summed E-state index contributed by atoms with van der Waals surface area (Å²) in [6, 6.07) is 8.58. The first-order chi connectivity index (χ1) is 9.78. The highest BCUT2D eigenvalue weighted by atomic mass is 16.5. The van der Waals surface area contributed by atoms with E-state index in [1.54, 1.807) is 0 Å². The Bertz CT molecular complexity index is 411. The zero-order valence-corrected chi connectivity index (χ0v) is 12.2. The molecule has 0 heterocycles. The fraction of sp³-hybridized carbons (Fsp3) is 0.625. The van der Waals surface area contributed by atoms with E-state index in [9.17, 15) is 5.11 Å². The Hall–Kier alpha value is -1.10. The zero-order valence-electron chi connectivity index (χ0n) is 12.2. The van der Waals surface area contributed by atoms with E-state index in [1.165, 1.54) is 6.42 Å². The molecule has 4 heteroatoms. The highest BCUT2D eigenvalue weighted by molar-refractivity contribution is 5.31. The lowest BCUT2D eigenvalue weighted by atomic mass is 10.0. The molecular weight excluding hydrogens is 252 g/mol. The minimum atomic E-state index is 0.118. The fourth-order valence-corrected chi connectivity index (χ4v) is 3.02. The predicted molar refractivity (Wildman–Crippen MR) is 80.8 cm³/mol. The number of nitrogens with two attached hydrogens (primary N) is 1. The molecule has 0 amide bonds. The van der Waals surface area contributed by atoms with Crippen molar-refractivity contribution in [2.45, 2.75) is 38.3 Å². The summed E-state index contributed by atoms with van der Waals surface area (Å²) in [5.74, 6) is 1.24. The molecular formula is C16H26N2O2. The second-order valence-electron chi connectivity index (χ2n) is 5.44. The first kappa shape index (κ1) is 15.3. The molecule has 3 unspecified atom stereocenters. The molecule has 2 rings (SSSR count). The van der Waals surface area contributed by atoms with Crippen LogP contribution in [-0.4, -0.2) is 30.9 Å². The van der Waals surface area contributed by atoms with Crippen molar-refractivity contribution in [1.29, 1.82) is 0 Å². The summed E-state index contributed by atoms with van der Waals surface area (Å²) in [5.41, 5.74) is 7.08. The molecule has 1 aliphatic rings. The lowest BCUT2D eigenvalue weighted by Crippen LogP contribution is -2.39. The third-order valence-electron chi connectivity index (χ3n) is 4.12. The summed E-state index contributed by atoms with van der Waals surface area (Å²) in [4.78, 5) is 0. The Balaban J connectivity index is 2.05. The van der Waals surface area contributed by atoms with Gasteiger partial charge in [-0.05, 0) is 43.4 Å². The van der Waals surface area contributed by atoms with Crippen LogP contribution in [0.5, 0.6) is 5.75 Å². The highest BCUT2D eigenvalue weighted by Gasteiger charge is 2.28. The quantitative estimate of drug-likeness (QED) is 0.712. The zero-order chi connectivity index (χ0) is 14.4. The van der Waals surface area contributed by atoms with Crippen LogP contribution >= 0.6 is 0 Å². The smallest absolute Gasteiger partial charge is 0.119 e. The van der Waals surface area contributed by atoms with Gasteiger partial charge in [-0.1, -0.05) is 18.6 Å². The van der Waals surface area contributed by atoms with Gasteiger partial charge in [0.2, 0.25) is 0 Å². The van der Waals surface area contributed by atoms with Gasteiger partial charge in [0.15, 0.2) is 0 Å². The van der Waals surface area contributed by atoms with Crippen molar-refractivity contribution in [3.63, 3.8) is 0 Å². The van der Waals surface area contributed by atoms with E-state index in [0.717, 1.165) is 24.2 Å². The van der Waals surface area contributed by atoms with Crippen molar-refractivity contribution >= 4 is 0 Å². The van der Waals surface area contributed by atoms with E-state index in [0.29, 0.717) is 25.1 Å². The van der Waals surface area contributed by atoms with Gasteiger partial charge in [0, 0.05) is 25.2 Å². The third-order valence-corrected chi connectivity index (χ3v) is 4.12. The van der Waals surface area contributed by atoms with Crippen LogP contribution in [0.15, 0.2) is 24.3 Å². The molecule has 0 saturated heterocycles. The Kier molecular flexibility index (Phi) is 5.83. The van der Waals surface area contributed by atoms with Gasteiger partial charge in [0.05, 0.1) is 6.61 Å². The number of hydrogen-bond acceptors (Lipinski definition) is 4. The van der Waals surface area contributed by atoms with Gasteiger partial charge in [-0.2, -0.15) is 0 Å². The lowest BCUT2D eigenvalue weighted by molar-refractivity contribution is 0.199. The van der Waals surface area contributed by atoms with Crippen LogP contribution in [0.2, 0.25) is 0 Å². The molecule has 0 aliphatic heterocycles. The molecule has 0 radical (unpaired) electrons. The van der Waals surface area contributed by atoms with E-state index in [4.69, 9.17) is 10.5 Å². The molecule has 112 valence electrons. The molecule has 1 fully saturated rings. The van der Waals surface area contributed by atoms with Crippen LogP contribution in [0.4, 0.5) is 0 Å². The van der Waals surface area contributed by atoms with Gasteiger partial charge >= 0.3 is 0 Å². The van der Waals surface area contributed by atoms with Crippen LogP contribution in [-0.2, 0) is 0 Å². The first-order valence-electron chi connectivity index (χ1n) is 7.58. The molecule has 1 aromatic carbocycles. The second kappa shape index (κ2) is 7.62. The fourth-order valence-electron chi connectivity index (χ4n) is 3.02. The van der Waals surface area contributed by atoms with E-state index in [-0.39, 0.29) is 12.6 Å². The maximum absolute atomic E-state index is 9.42. The third kappa shape index (κ3) is 3.72. The van der Waals surface area contributed by atoms with Crippen LogP contribution in [0, 0.1) is 5.92 Å². The van der Waals surface area contributed by atoms with E-state index < -0.39 is 0 Å². The summed E-state index contributed by atoms with van der Waals surface area (Å²) in [6.07, 6.45) is 3.40. The minimum absolute atomic E-state index is 0.118. The number of ether oxygens (including phenoxy) is 1. The number of hydrogen-bond donors (Lipinski definition) is 3. The van der Waals surface area contributed by atoms with Gasteiger partial charge in [-0.15, -0.1) is 0 Å². The molecule has 1 saturated carbocycles. The van der Waals surface area contributed by atoms with Gasteiger partial charge in [0.1, 0.15) is 5.75 Å². The Morgan fingerprint density at radius 2 is 2.30 bits per heavy atom. The van der Waals surface area contributed by atoms with Gasteiger partial charge in [-0.3, -0.25) is 0 Å². The number of aliphatic hydroxyl groups is 1. The summed E-state index contributed by atoms with van der Waals surface area (Å²) in [5, 5.41) is 13.0. The monoisotopic (exact) mass is 278 g/mol. The van der Waals surface area contributed by atoms with Crippen molar-refractivity contribution in [1.82, 2.24) is 5.32 Å². The average molecular weight is 278 g/mol. The molecule has 3 atom stereocenters. The Morgan fingerprint density at radius 1 is 1.45 bits per heavy atom.